The maximum atomic E-state index is 11.2. The average Bonchev–Trinajstić information content (AvgIpc) is 3.11. The molecule has 0 radical (unpaired) electrons. The molecule has 0 aliphatic heterocycles. The number of anilines is 1. The number of aromatic carboxylic acids is 1. The summed E-state index contributed by atoms with van der Waals surface area (Å²) in [6.07, 6.45) is 1.66. The molecular weight excluding hydrogens is 398 g/mol. The van der Waals surface area contributed by atoms with Crippen molar-refractivity contribution in [1.29, 1.82) is 0 Å². The smallest absolute Gasteiger partial charge is 0.354 e. The van der Waals surface area contributed by atoms with Gasteiger partial charge in [0.25, 0.3) is 0 Å². The predicted octanol–water partition coefficient (Wildman–Crippen LogP) is 4.23. The molecule has 8 heteroatoms. The molecule has 0 unspecified atom stereocenters. The van der Waals surface area contributed by atoms with E-state index in [2.05, 4.69) is 40.9 Å². The number of carboxylic acids is 1. The number of hydrogen-bond acceptors (Lipinski definition) is 4. The highest BCUT2D eigenvalue weighted by Gasteiger charge is 2.12. The van der Waals surface area contributed by atoms with Gasteiger partial charge in [0.15, 0.2) is 5.11 Å². The molecule has 0 saturated heterocycles. The lowest BCUT2D eigenvalue weighted by Crippen LogP contribution is -2.24. The number of carbonyl (C=O) groups is 1. The van der Waals surface area contributed by atoms with Crippen LogP contribution in [0.3, 0.4) is 0 Å². The standard InChI is InChI=1S/C22H23N5O2S/c1-14(2)17-6-4-5-7-18(17)24-22(30)25-23-13-15-8-10-16(11-9-15)19-12-20(21(28)29)27(3)26-19/h4-14H,1-3H3,(H,28,29)(H2,24,25,30)/b23-13+. The lowest BCUT2D eigenvalue weighted by Gasteiger charge is -2.14. The van der Waals surface area contributed by atoms with E-state index in [1.807, 2.05) is 42.5 Å². The van der Waals surface area contributed by atoms with E-state index in [9.17, 15) is 4.79 Å². The number of benzene rings is 2. The maximum Gasteiger partial charge on any atom is 0.354 e. The first-order valence-electron chi connectivity index (χ1n) is 9.42. The van der Waals surface area contributed by atoms with Gasteiger partial charge in [-0.15, -0.1) is 0 Å². The van der Waals surface area contributed by atoms with Crippen molar-refractivity contribution in [2.45, 2.75) is 19.8 Å². The Labute approximate surface area is 180 Å². The number of nitrogens with one attached hydrogen (secondary N) is 2. The molecule has 30 heavy (non-hydrogen) atoms. The Morgan fingerprint density at radius 1 is 1.20 bits per heavy atom. The van der Waals surface area contributed by atoms with Crippen LogP contribution in [0.2, 0.25) is 0 Å². The summed E-state index contributed by atoms with van der Waals surface area (Å²) in [7, 11) is 1.61. The van der Waals surface area contributed by atoms with Gasteiger partial charge in [0, 0.05) is 18.3 Å². The van der Waals surface area contributed by atoms with Gasteiger partial charge in [-0.1, -0.05) is 56.3 Å². The number of aryl methyl sites for hydroxylation is 1. The van der Waals surface area contributed by atoms with E-state index in [-0.39, 0.29) is 5.69 Å². The molecule has 3 rings (SSSR count). The van der Waals surface area contributed by atoms with Crippen molar-refractivity contribution >= 4 is 35.2 Å². The number of hydrogen-bond donors (Lipinski definition) is 3. The molecule has 154 valence electrons. The first-order valence-corrected chi connectivity index (χ1v) is 9.82. The number of aromatic nitrogens is 2. The van der Waals surface area contributed by atoms with E-state index >= 15 is 0 Å². The van der Waals surface area contributed by atoms with Gasteiger partial charge in [-0.05, 0) is 41.4 Å². The van der Waals surface area contributed by atoms with E-state index in [1.54, 1.807) is 19.3 Å². The summed E-state index contributed by atoms with van der Waals surface area (Å²) in [5.74, 6) is -0.629. The number of carboxylic acid groups (broad SMARTS) is 1. The quantitative estimate of drug-likeness (QED) is 0.313. The van der Waals surface area contributed by atoms with Crippen LogP contribution in [0.4, 0.5) is 5.69 Å². The Morgan fingerprint density at radius 3 is 2.53 bits per heavy atom. The second kappa shape index (κ2) is 9.32. The number of para-hydroxylation sites is 1. The first-order chi connectivity index (χ1) is 14.3. The van der Waals surface area contributed by atoms with Crippen LogP contribution in [-0.4, -0.2) is 32.2 Å². The molecule has 3 N–H and O–H groups in total. The molecular formula is C22H23N5O2S. The molecule has 0 spiro atoms. The summed E-state index contributed by atoms with van der Waals surface area (Å²) < 4.78 is 1.35. The zero-order valence-electron chi connectivity index (χ0n) is 17.0. The van der Waals surface area contributed by atoms with E-state index < -0.39 is 5.97 Å². The van der Waals surface area contributed by atoms with Crippen LogP contribution in [-0.2, 0) is 7.05 Å². The highest BCUT2D eigenvalue weighted by molar-refractivity contribution is 7.80. The molecule has 7 nitrogen and oxygen atoms in total. The van der Waals surface area contributed by atoms with Gasteiger partial charge in [0.2, 0.25) is 0 Å². The molecule has 0 aliphatic carbocycles. The van der Waals surface area contributed by atoms with Gasteiger partial charge in [-0.2, -0.15) is 10.2 Å². The number of rotatable bonds is 6. The van der Waals surface area contributed by atoms with Crippen molar-refractivity contribution in [3.8, 4) is 11.3 Å². The fraction of sp³-hybridized carbons (Fsp3) is 0.182. The van der Waals surface area contributed by atoms with Crippen LogP contribution in [0.1, 0.15) is 41.4 Å². The van der Waals surface area contributed by atoms with Gasteiger partial charge >= 0.3 is 5.97 Å². The third-order valence-corrected chi connectivity index (χ3v) is 4.71. The van der Waals surface area contributed by atoms with E-state index in [0.717, 1.165) is 16.8 Å². The number of hydrazone groups is 1. The van der Waals surface area contributed by atoms with Gasteiger partial charge < -0.3 is 10.4 Å². The van der Waals surface area contributed by atoms with E-state index in [0.29, 0.717) is 16.7 Å². The minimum atomic E-state index is -1.01. The van der Waals surface area contributed by atoms with Gasteiger partial charge in [0.05, 0.1) is 11.9 Å². The van der Waals surface area contributed by atoms with Crippen LogP contribution in [0.15, 0.2) is 59.7 Å². The Morgan fingerprint density at radius 2 is 1.90 bits per heavy atom. The van der Waals surface area contributed by atoms with Gasteiger partial charge in [-0.3, -0.25) is 10.1 Å². The maximum absolute atomic E-state index is 11.2. The normalized spacial score (nSPS) is 11.1. The molecule has 1 aromatic heterocycles. The Kier molecular flexibility index (Phi) is 6.58. The molecule has 1 heterocycles. The van der Waals surface area contributed by atoms with Crippen molar-refractivity contribution < 1.29 is 9.90 Å². The van der Waals surface area contributed by atoms with Crippen molar-refractivity contribution in [2.75, 3.05) is 5.32 Å². The zero-order chi connectivity index (χ0) is 21.7. The number of nitrogens with zero attached hydrogens (tertiary/aromatic N) is 3. The van der Waals surface area contributed by atoms with Crippen LogP contribution in [0, 0.1) is 0 Å². The summed E-state index contributed by atoms with van der Waals surface area (Å²) in [4.78, 5) is 11.2. The van der Waals surface area contributed by atoms with Crippen LogP contribution in [0.5, 0.6) is 0 Å². The fourth-order valence-corrected chi connectivity index (χ4v) is 3.14. The van der Waals surface area contributed by atoms with Crippen molar-refractivity contribution in [1.82, 2.24) is 15.2 Å². The number of thiocarbonyl (C=S) groups is 1. The Balaban J connectivity index is 1.61. The summed E-state index contributed by atoms with van der Waals surface area (Å²) in [6, 6.07) is 17.1. The minimum absolute atomic E-state index is 0.139. The monoisotopic (exact) mass is 421 g/mol. The minimum Gasteiger partial charge on any atom is -0.477 e. The Bertz CT molecular complexity index is 1090. The van der Waals surface area contributed by atoms with Gasteiger partial charge in [0.1, 0.15) is 5.69 Å². The van der Waals surface area contributed by atoms with Crippen molar-refractivity contribution in [3.63, 3.8) is 0 Å². The average molecular weight is 422 g/mol. The van der Waals surface area contributed by atoms with Crippen LogP contribution >= 0.6 is 12.2 Å². The highest BCUT2D eigenvalue weighted by Crippen LogP contribution is 2.23. The predicted molar refractivity (Wildman–Crippen MR) is 123 cm³/mol. The molecule has 0 bridgehead atoms. The van der Waals surface area contributed by atoms with E-state index in [1.165, 1.54) is 10.2 Å². The lowest BCUT2D eigenvalue weighted by atomic mass is 10.0. The lowest BCUT2D eigenvalue weighted by molar-refractivity contribution is 0.0685. The largest absolute Gasteiger partial charge is 0.477 e. The molecule has 0 atom stereocenters. The summed E-state index contributed by atoms with van der Waals surface area (Å²) in [6.45, 7) is 4.26. The summed E-state index contributed by atoms with van der Waals surface area (Å²) >= 11 is 5.32. The molecule has 0 aliphatic rings. The SMILES string of the molecule is CC(C)c1ccccc1NC(=S)N/N=C/c1ccc(-c2cc(C(=O)O)n(C)n2)cc1. The van der Waals surface area contributed by atoms with Gasteiger partial charge in [-0.25, -0.2) is 4.79 Å². The molecule has 2 aromatic carbocycles. The van der Waals surface area contributed by atoms with Crippen LogP contribution in [0.25, 0.3) is 11.3 Å². The second-order valence-electron chi connectivity index (χ2n) is 7.03. The van der Waals surface area contributed by atoms with Crippen molar-refractivity contribution in [2.24, 2.45) is 12.1 Å². The first kappa shape index (κ1) is 21.2. The van der Waals surface area contributed by atoms with Crippen molar-refractivity contribution in [3.05, 3.63) is 71.4 Å². The molecule has 0 amide bonds. The van der Waals surface area contributed by atoms with Crippen LogP contribution < -0.4 is 10.7 Å². The highest BCUT2D eigenvalue weighted by atomic mass is 32.1. The summed E-state index contributed by atoms with van der Waals surface area (Å²) in [5, 5.41) is 21.1. The second-order valence-corrected chi connectivity index (χ2v) is 7.44. The molecule has 0 saturated carbocycles. The Hall–Kier alpha value is -3.52. The topological polar surface area (TPSA) is 91.5 Å². The summed E-state index contributed by atoms with van der Waals surface area (Å²) in [5.41, 5.74) is 7.40. The molecule has 0 fully saturated rings. The zero-order valence-corrected chi connectivity index (χ0v) is 17.8. The van der Waals surface area contributed by atoms with E-state index in [4.69, 9.17) is 17.3 Å². The fourth-order valence-electron chi connectivity index (χ4n) is 2.98. The third-order valence-electron chi connectivity index (χ3n) is 4.52. The molecule has 3 aromatic rings. The third kappa shape index (κ3) is 5.09.